The summed E-state index contributed by atoms with van der Waals surface area (Å²) in [6.45, 7) is 4.70. The fourth-order valence-electron chi connectivity index (χ4n) is 8.87. The van der Waals surface area contributed by atoms with Crippen molar-refractivity contribution in [1.82, 2.24) is 0 Å². The fraction of sp³-hybridized carbons (Fsp3) is 0.0545. The quantitative estimate of drug-likeness (QED) is 0.159. The van der Waals surface area contributed by atoms with E-state index in [0.717, 1.165) is 11.4 Å². The number of hydrogen-bond donors (Lipinski definition) is 0. The summed E-state index contributed by atoms with van der Waals surface area (Å²) in [6, 6.07) is 77.5. The van der Waals surface area contributed by atoms with Crippen molar-refractivity contribution in [3.63, 3.8) is 0 Å². The minimum absolute atomic E-state index is 0.0966. The molecule has 0 saturated heterocycles. The van der Waals surface area contributed by atoms with E-state index >= 15 is 0 Å². The van der Waals surface area contributed by atoms with Gasteiger partial charge in [0.1, 0.15) is 0 Å². The van der Waals surface area contributed by atoms with Crippen molar-refractivity contribution in [2.24, 2.45) is 0 Å². The van der Waals surface area contributed by atoms with Gasteiger partial charge in [0.2, 0.25) is 0 Å². The van der Waals surface area contributed by atoms with Crippen LogP contribution in [0.4, 0.5) is 17.1 Å². The van der Waals surface area contributed by atoms with E-state index in [1.807, 2.05) is 0 Å². The summed E-state index contributed by atoms with van der Waals surface area (Å²) < 4.78 is 0. The molecule has 0 N–H and O–H groups in total. The van der Waals surface area contributed by atoms with Gasteiger partial charge in [-0.1, -0.05) is 196 Å². The third kappa shape index (κ3) is 5.72. The average Bonchev–Trinajstić information content (AvgIpc) is 3.51. The van der Waals surface area contributed by atoms with Gasteiger partial charge < -0.3 is 4.90 Å². The molecule has 0 aromatic heterocycles. The molecule has 1 aliphatic rings. The second kappa shape index (κ2) is 13.7. The zero-order valence-electron chi connectivity index (χ0n) is 31.7. The molecule has 0 fully saturated rings. The van der Waals surface area contributed by atoms with Crippen LogP contribution in [0.3, 0.4) is 0 Å². The molecule has 56 heavy (non-hydrogen) atoms. The van der Waals surface area contributed by atoms with Gasteiger partial charge in [-0.05, 0) is 102 Å². The Labute approximate surface area is 329 Å². The lowest BCUT2D eigenvalue weighted by atomic mass is 9.82. The van der Waals surface area contributed by atoms with Crippen molar-refractivity contribution in [3.05, 3.63) is 223 Å². The Balaban J connectivity index is 1.06. The molecule has 0 atom stereocenters. The van der Waals surface area contributed by atoms with Gasteiger partial charge in [-0.2, -0.15) is 0 Å². The molecule has 10 rings (SSSR count). The Hall–Kier alpha value is -6.96. The van der Waals surface area contributed by atoms with Crippen molar-refractivity contribution >= 4 is 27.8 Å². The van der Waals surface area contributed by atoms with Crippen molar-refractivity contribution in [2.75, 3.05) is 4.90 Å². The lowest BCUT2D eigenvalue weighted by Gasteiger charge is -2.29. The highest BCUT2D eigenvalue weighted by atomic mass is 15.1. The molecule has 266 valence electrons. The molecule has 9 aromatic rings. The van der Waals surface area contributed by atoms with Crippen molar-refractivity contribution in [1.29, 1.82) is 0 Å². The number of nitrogens with zero attached hydrogens (tertiary/aromatic N) is 1. The second-order valence-corrected chi connectivity index (χ2v) is 15.3. The summed E-state index contributed by atoms with van der Waals surface area (Å²) in [7, 11) is 0. The zero-order chi connectivity index (χ0) is 37.6. The summed E-state index contributed by atoms with van der Waals surface area (Å²) in [4.78, 5) is 2.44. The molecule has 0 amide bonds. The van der Waals surface area contributed by atoms with Crippen LogP contribution in [0.25, 0.3) is 66.4 Å². The number of rotatable bonds is 7. The third-order valence-electron chi connectivity index (χ3n) is 11.7. The topological polar surface area (TPSA) is 3.24 Å². The Morgan fingerprint density at radius 3 is 1.46 bits per heavy atom. The first-order chi connectivity index (χ1) is 27.5. The molecule has 0 unspecified atom stereocenters. The van der Waals surface area contributed by atoms with Gasteiger partial charge in [-0.3, -0.25) is 0 Å². The van der Waals surface area contributed by atoms with Crippen LogP contribution in [0.2, 0.25) is 0 Å². The van der Waals surface area contributed by atoms with Crippen LogP contribution < -0.4 is 4.90 Å². The van der Waals surface area contributed by atoms with E-state index in [0.29, 0.717) is 0 Å². The van der Waals surface area contributed by atoms with E-state index in [2.05, 4.69) is 231 Å². The van der Waals surface area contributed by atoms with Crippen LogP contribution in [-0.2, 0) is 5.41 Å². The summed E-state index contributed by atoms with van der Waals surface area (Å²) in [5, 5.41) is 2.54. The second-order valence-electron chi connectivity index (χ2n) is 15.3. The Morgan fingerprint density at radius 2 is 0.768 bits per heavy atom. The van der Waals surface area contributed by atoms with E-state index in [1.165, 1.54) is 83.2 Å². The van der Waals surface area contributed by atoms with E-state index in [9.17, 15) is 0 Å². The Bertz CT molecular complexity index is 2840. The van der Waals surface area contributed by atoms with Gasteiger partial charge in [-0.15, -0.1) is 0 Å². The van der Waals surface area contributed by atoms with Crippen LogP contribution in [-0.4, -0.2) is 0 Å². The fourth-order valence-corrected chi connectivity index (χ4v) is 8.87. The highest BCUT2D eigenvalue weighted by Crippen LogP contribution is 2.54. The predicted octanol–water partition coefficient (Wildman–Crippen LogP) is 15.3. The summed E-state index contributed by atoms with van der Waals surface area (Å²) in [5.74, 6) is 0. The van der Waals surface area contributed by atoms with Gasteiger partial charge in [0.15, 0.2) is 0 Å². The van der Waals surface area contributed by atoms with Gasteiger partial charge in [0.05, 0.1) is 5.69 Å². The van der Waals surface area contributed by atoms with Crippen LogP contribution in [0, 0.1) is 0 Å². The smallest absolute Gasteiger partial charge is 0.0543 e. The molecule has 0 heterocycles. The van der Waals surface area contributed by atoms with Gasteiger partial charge in [0.25, 0.3) is 0 Å². The Morgan fingerprint density at radius 1 is 0.321 bits per heavy atom. The number of hydrogen-bond acceptors (Lipinski definition) is 1. The van der Waals surface area contributed by atoms with Crippen LogP contribution in [0.5, 0.6) is 0 Å². The summed E-state index contributed by atoms with van der Waals surface area (Å²) in [6.07, 6.45) is 0. The van der Waals surface area contributed by atoms with Gasteiger partial charge in [-0.25, -0.2) is 0 Å². The molecule has 0 radical (unpaired) electrons. The lowest BCUT2D eigenvalue weighted by molar-refractivity contribution is 0.660. The molecule has 0 spiro atoms. The number of anilines is 3. The maximum absolute atomic E-state index is 2.44. The third-order valence-corrected chi connectivity index (χ3v) is 11.7. The monoisotopic (exact) mass is 715 g/mol. The SMILES string of the molecule is CC1(C)c2ccccc2-c2c(N(c3ccc(-c4ccc(-c5cccc6ccccc56)cc4)cc3)c3ccc(-c4ccccc4-c4ccccc4)cc3)cccc21. The van der Waals surface area contributed by atoms with Gasteiger partial charge >= 0.3 is 0 Å². The maximum atomic E-state index is 2.44. The summed E-state index contributed by atoms with van der Waals surface area (Å²) in [5.41, 5.74) is 18.4. The highest BCUT2D eigenvalue weighted by molar-refractivity contribution is 5.98. The minimum Gasteiger partial charge on any atom is -0.310 e. The average molecular weight is 716 g/mol. The van der Waals surface area contributed by atoms with Crippen molar-refractivity contribution in [2.45, 2.75) is 19.3 Å². The Kier molecular flexibility index (Phi) is 8.23. The summed E-state index contributed by atoms with van der Waals surface area (Å²) >= 11 is 0. The highest BCUT2D eigenvalue weighted by Gasteiger charge is 2.37. The molecule has 1 aliphatic carbocycles. The standard InChI is InChI=1S/C55H41N/c1-55(2)51-23-11-10-21-50(51)54-52(55)24-13-25-53(54)56(45-36-32-43(33-37-45)48-20-9-8-19-46(48)40-14-4-3-5-15-40)44-34-30-39(31-35-44)38-26-28-42(29-27-38)49-22-12-17-41-16-6-7-18-47(41)49/h3-37H,1-2H3. The van der Waals surface area contributed by atoms with Gasteiger partial charge in [0, 0.05) is 22.4 Å². The first-order valence-corrected chi connectivity index (χ1v) is 19.5. The largest absolute Gasteiger partial charge is 0.310 e. The normalized spacial score (nSPS) is 12.6. The van der Waals surface area contributed by atoms with Crippen LogP contribution in [0.15, 0.2) is 212 Å². The first-order valence-electron chi connectivity index (χ1n) is 19.5. The van der Waals surface area contributed by atoms with Crippen molar-refractivity contribution in [3.8, 4) is 55.6 Å². The molecular weight excluding hydrogens is 675 g/mol. The first kappa shape index (κ1) is 33.6. The molecule has 1 heteroatoms. The van der Waals surface area contributed by atoms with E-state index in [-0.39, 0.29) is 5.41 Å². The number of fused-ring (bicyclic) bond motifs is 4. The minimum atomic E-state index is -0.0966. The van der Waals surface area contributed by atoms with E-state index < -0.39 is 0 Å². The van der Waals surface area contributed by atoms with Crippen molar-refractivity contribution < 1.29 is 0 Å². The molecule has 0 bridgehead atoms. The van der Waals surface area contributed by atoms with Crippen LogP contribution in [0.1, 0.15) is 25.0 Å². The molecule has 0 saturated carbocycles. The zero-order valence-corrected chi connectivity index (χ0v) is 31.7. The van der Waals surface area contributed by atoms with E-state index in [1.54, 1.807) is 0 Å². The molecular formula is C55H41N. The predicted molar refractivity (Wildman–Crippen MR) is 238 cm³/mol. The maximum Gasteiger partial charge on any atom is 0.0543 e. The molecule has 9 aromatic carbocycles. The lowest BCUT2D eigenvalue weighted by Crippen LogP contribution is -2.16. The van der Waals surface area contributed by atoms with E-state index in [4.69, 9.17) is 0 Å². The molecule has 0 aliphatic heterocycles. The number of benzene rings is 9. The van der Waals surface area contributed by atoms with Crippen LogP contribution >= 0.6 is 0 Å². The molecule has 1 nitrogen and oxygen atoms in total.